The van der Waals surface area contributed by atoms with Gasteiger partial charge < -0.3 is 5.32 Å². The molecule has 1 N–H and O–H groups in total. The van der Waals surface area contributed by atoms with Crippen molar-refractivity contribution in [2.75, 3.05) is 18.4 Å². The number of thiocarbonyl (C=S) groups is 1. The molecule has 0 aromatic heterocycles. The third-order valence-corrected chi connectivity index (χ3v) is 5.61. The number of fused-ring (bicyclic) bond motifs is 1. The number of rotatable bonds is 7. The number of hydrogen-bond donors (Lipinski definition) is 1. The van der Waals surface area contributed by atoms with Crippen LogP contribution in [0.5, 0.6) is 0 Å². The van der Waals surface area contributed by atoms with Gasteiger partial charge in [-0.15, -0.1) is 0 Å². The number of hydroxylamine groups is 2. The van der Waals surface area contributed by atoms with Crippen molar-refractivity contribution in [3.8, 4) is 0 Å². The average molecular weight is 500 g/mol. The van der Waals surface area contributed by atoms with Gasteiger partial charge in [-0.1, -0.05) is 48.5 Å². The first kappa shape index (κ1) is 24.4. The minimum absolute atomic E-state index is 0.00307. The molecule has 2 amide bonds. The lowest BCUT2D eigenvalue weighted by atomic mass is 10.1. The summed E-state index contributed by atoms with van der Waals surface area (Å²) in [7, 11) is 0. The van der Waals surface area contributed by atoms with E-state index in [0.29, 0.717) is 11.1 Å². The number of alkyl halides is 3. The lowest BCUT2D eigenvalue weighted by molar-refractivity contribution is -0.137. The van der Waals surface area contributed by atoms with Gasteiger partial charge in [0, 0.05) is 12.2 Å². The largest absolute Gasteiger partial charge is 0.416 e. The summed E-state index contributed by atoms with van der Waals surface area (Å²) < 4.78 is 39.3. The van der Waals surface area contributed by atoms with Crippen LogP contribution < -0.4 is 5.32 Å². The lowest BCUT2D eigenvalue weighted by Gasteiger charge is -2.27. The highest BCUT2D eigenvalue weighted by atomic mass is 32.1. The maximum Gasteiger partial charge on any atom is 0.416 e. The van der Waals surface area contributed by atoms with E-state index < -0.39 is 23.6 Å². The fourth-order valence-electron chi connectivity index (χ4n) is 3.54. The number of benzene rings is 3. The zero-order chi connectivity index (χ0) is 25.0. The molecule has 0 spiro atoms. The Morgan fingerprint density at radius 1 is 0.914 bits per heavy atom. The molecule has 0 fully saturated rings. The molecule has 0 radical (unpaired) electrons. The zero-order valence-electron chi connectivity index (χ0n) is 18.3. The number of anilines is 1. The van der Waals surface area contributed by atoms with Crippen LogP contribution in [0.1, 0.15) is 31.8 Å². The van der Waals surface area contributed by atoms with Gasteiger partial charge in [0.1, 0.15) is 6.61 Å². The number of amides is 2. The highest BCUT2D eigenvalue weighted by Crippen LogP contribution is 2.30. The maximum atomic E-state index is 13.1. The van der Waals surface area contributed by atoms with Crippen LogP contribution in [0.2, 0.25) is 0 Å². The molecule has 3 aromatic carbocycles. The second-order valence-electron chi connectivity index (χ2n) is 7.68. The summed E-state index contributed by atoms with van der Waals surface area (Å²) in [5, 5.41) is 3.99. The molecule has 1 aliphatic heterocycles. The van der Waals surface area contributed by atoms with Crippen molar-refractivity contribution in [3.63, 3.8) is 0 Å². The first-order chi connectivity index (χ1) is 16.7. The summed E-state index contributed by atoms with van der Waals surface area (Å²) in [6.45, 7) is 0.0853. The maximum absolute atomic E-state index is 13.1. The third-order valence-electron chi connectivity index (χ3n) is 5.30. The van der Waals surface area contributed by atoms with Crippen LogP contribution in [0.4, 0.5) is 18.9 Å². The van der Waals surface area contributed by atoms with Gasteiger partial charge in [-0.2, -0.15) is 13.2 Å². The fraction of sp³-hybridized carbons (Fsp3) is 0.160. The first-order valence-corrected chi connectivity index (χ1v) is 11.0. The molecule has 6 nitrogen and oxygen atoms in total. The van der Waals surface area contributed by atoms with Crippen LogP contribution in [0.25, 0.3) is 0 Å². The molecule has 1 aliphatic rings. The molecule has 0 bridgehead atoms. The Morgan fingerprint density at radius 2 is 1.54 bits per heavy atom. The molecule has 10 heteroatoms. The fourth-order valence-corrected chi connectivity index (χ4v) is 3.81. The topological polar surface area (TPSA) is 61.9 Å². The van der Waals surface area contributed by atoms with Gasteiger partial charge in [-0.3, -0.25) is 19.3 Å². The summed E-state index contributed by atoms with van der Waals surface area (Å²) >= 11 is 5.40. The van der Waals surface area contributed by atoms with E-state index in [2.05, 4.69) is 5.32 Å². The van der Waals surface area contributed by atoms with E-state index in [0.717, 1.165) is 22.6 Å². The predicted molar refractivity (Wildman–Crippen MR) is 127 cm³/mol. The van der Waals surface area contributed by atoms with Gasteiger partial charge in [-0.25, -0.2) is 5.06 Å². The van der Waals surface area contributed by atoms with Crippen molar-refractivity contribution in [1.82, 2.24) is 9.96 Å². The quantitative estimate of drug-likeness (QED) is 0.276. The van der Waals surface area contributed by atoms with E-state index in [-0.39, 0.29) is 30.5 Å². The highest BCUT2D eigenvalue weighted by Gasteiger charge is 2.35. The average Bonchev–Trinajstić information content (AvgIpc) is 3.09. The second-order valence-corrected chi connectivity index (χ2v) is 8.06. The van der Waals surface area contributed by atoms with Gasteiger partial charge in [0.25, 0.3) is 11.8 Å². The molecule has 0 saturated heterocycles. The molecule has 1 heterocycles. The molecule has 3 aromatic rings. The minimum Gasteiger partial charge on any atom is -0.331 e. The predicted octanol–water partition coefficient (Wildman–Crippen LogP) is 5.13. The van der Waals surface area contributed by atoms with E-state index in [1.807, 2.05) is 30.3 Å². The summed E-state index contributed by atoms with van der Waals surface area (Å²) in [5.74, 6) is -0.851. The SMILES string of the molecule is O=C1c2ccccc2C(=O)N1CCN(OCc1ccccc1)C(=S)Nc1cccc(C(F)(F)F)c1. The first-order valence-electron chi connectivity index (χ1n) is 10.6. The smallest absolute Gasteiger partial charge is 0.331 e. The number of hydrogen-bond acceptors (Lipinski definition) is 4. The molecular weight excluding hydrogens is 479 g/mol. The Labute approximate surface area is 204 Å². The molecule has 0 saturated carbocycles. The molecule has 180 valence electrons. The van der Waals surface area contributed by atoms with Gasteiger partial charge in [0.05, 0.1) is 23.2 Å². The van der Waals surface area contributed by atoms with E-state index in [1.165, 1.54) is 17.2 Å². The van der Waals surface area contributed by atoms with Gasteiger partial charge >= 0.3 is 6.18 Å². The number of carbonyl (C=O) groups is 2. The van der Waals surface area contributed by atoms with Gasteiger partial charge in [-0.05, 0) is 48.1 Å². The van der Waals surface area contributed by atoms with Crippen LogP contribution >= 0.6 is 12.2 Å². The normalized spacial score (nSPS) is 13.1. The Bertz CT molecular complexity index is 1220. The monoisotopic (exact) mass is 499 g/mol. The Morgan fingerprint density at radius 3 is 2.17 bits per heavy atom. The van der Waals surface area contributed by atoms with Crippen LogP contribution in [-0.4, -0.2) is 40.0 Å². The van der Waals surface area contributed by atoms with E-state index >= 15 is 0 Å². The molecule has 35 heavy (non-hydrogen) atoms. The lowest BCUT2D eigenvalue weighted by Crippen LogP contribution is -2.42. The molecular formula is C25H20F3N3O3S. The Kier molecular flexibility index (Phi) is 7.13. The molecule has 0 unspecified atom stereocenters. The van der Waals surface area contributed by atoms with Crippen molar-refractivity contribution in [2.45, 2.75) is 12.8 Å². The van der Waals surface area contributed by atoms with Gasteiger partial charge in [0.2, 0.25) is 0 Å². The van der Waals surface area contributed by atoms with Crippen molar-refractivity contribution in [1.29, 1.82) is 0 Å². The number of nitrogens with zero attached hydrogens (tertiary/aromatic N) is 2. The summed E-state index contributed by atoms with van der Waals surface area (Å²) in [4.78, 5) is 32.3. The van der Waals surface area contributed by atoms with E-state index in [4.69, 9.17) is 17.1 Å². The summed E-state index contributed by atoms with van der Waals surface area (Å²) in [6.07, 6.45) is -4.51. The van der Waals surface area contributed by atoms with Crippen LogP contribution in [0.15, 0.2) is 78.9 Å². The Hall–Kier alpha value is -3.76. The number of halogens is 3. The van der Waals surface area contributed by atoms with Crippen molar-refractivity contribution < 1.29 is 27.6 Å². The van der Waals surface area contributed by atoms with E-state index in [9.17, 15) is 22.8 Å². The molecule has 4 rings (SSSR count). The second kappa shape index (κ2) is 10.2. The zero-order valence-corrected chi connectivity index (χ0v) is 19.1. The summed E-state index contributed by atoms with van der Waals surface area (Å²) in [5.41, 5.74) is 0.768. The van der Waals surface area contributed by atoms with Crippen LogP contribution in [0, 0.1) is 0 Å². The number of imide groups is 1. The van der Waals surface area contributed by atoms with Crippen LogP contribution in [0.3, 0.4) is 0 Å². The standard InChI is InChI=1S/C25H20F3N3O3S/c26-25(27,28)18-9-6-10-19(15-18)29-24(35)31(34-16-17-7-2-1-3-8-17)14-13-30-22(32)20-11-4-5-12-21(20)23(30)33/h1-12,15H,13-14,16H2,(H,29,35). The summed E-state index contributed by atoms with van der Waals surface area (Å²) in [6, 6.07) is 20.3. The van der Waals surface area contributed by atoms with Crippen molar-refractivity contribution in [2.24, 2.45) is 0 Å². The van der Waals surface area contributed by atoms with Crippen molar-refractivity contribution in [3.05, 3.63) is 101 Å². The number of carbonyl (C=O) groups excluding carboxylic acids is 2. The number of nitrogens with one attached hydrogen (secondary N) is 1. The van der Waals surface area contributed by atoms with Crippen LogP contribution in [-0.2, 0) is 17.6 Å². The van der Waals surface area contributed by atoms with E-state index in [1.54, 1.807) is 24.3 Å². The molecule has 0 aliphatic carbocycles. The third kappa shape index (κ3) is 5.67. The Balaban J connectivity index is 1.48. The highest BCUT2D eigenvalue weighted by molar-refractivity contribution is 7.80. The minimum atomic E-state index is -4.51. The molecule has 0 atom stereocenters. The van der Waals surface area contributed by atoms with Crippen molar-refractivity contribution >= 4 is 34.8 Å². The van der Waals surface area contributed by atoms with Gasteiger partial charge in [0.15, 0.2) is 5.11 Å².